The minimum atomic E-state index is 1.03. The zero-order chi connectivity index (χ0) is 16.0. The molecule has 0 aliphatic carbocycles. The summed E-state index contributed by atoms with van der Waals surface area (Å²) in [5.74, 6) is 6.41. The van der Waals surface area contributed by atoms with E-state index in [0.29, 0.717) is 0 Å². The fraction of sp³-hybridized carbons (Fsp3) is 0.143. The minimum Gasteiger partial charge on any atom is -0.339 e. The minimum absolute atomic E-state index is 1.03. The summed E-state index contributed by atoms with van der Waals surface area (Å²) >= 11 is 0. The van der Waals surface area contributed by atoms with Gasteiger partial charge in [0.15, 0.2) is 0 Å². The Labute approximate surface area is 136 Å². The molecule has 1 aromatic heterocycles. The topological polar surface area (TPSA) is 30.9 Å². The predicted octanol–water partition coefficient (Wildman–Crippen LogP) is 5.05. The Bertz CT molecular complexity index is 1020. The van der Waals surface area contributed by atoms with Crippen molar-refractivity contribution in [1.29, 1.82) is 0 Å². The molecule has 4 aromatic rings. The Balaban J connectivity index is 2.09. The lowest BCUT2D eigenvalue weighted by atomic mass is 9.93. The first-order valence-corrected chi connectivity index (χ1v) is 8.08. The number of benzene rings is 3. The van der Waals surface area contributed by atoms with Gasteiger partial charge in [-0.2, -0.15) is 0 Å². The molecule has 0 fully saturated rings. The molecule has 23 heavy (non-hydrogen) atoms. The number of nitrogen functional groups attached to an aromatic ring is 1. The number of nitrogens with zero attached hydrogens (tertiary/aromatic N) is 1. The molecule has 0 unspecified atom stereocenters. The lowest BCUT2D eigenvalue weighted by Crippen LogP contribution is -2.08. The number of para-hydroxylation sites is 1. The second-order valence-electron chi connectivity index (χ2n) is 6.03. The first kappa shape index (κ1) is 13.9. The number of hydrogen-bond donors (Lipinski definition) is 1. The SMILES string of the molecule is CCc1ccccc1-c1ccc2c3ccccc3n(N)c2c1C. The van der Waals surface area contributed by atoms with Crippen molar-refractivity contribution < 1.29 is 0 Å². The average Bonchev–Trinajstić information content (AvgIpc) is 2.89. The number of rotatable bonds is 2. The standard InChI is InChI=1S/C21H20N2/c1-3-15-8-4-5-9-17(15)16-12-13-19-18-10-6-7-11-20(18)23(22)21(19)14(16)2/h4-13H,3,22H2,1-2H3. The normalized spacial score (nSPS) is 11.4. The Hall–Kier alpha value is -2.74. The molecule has 3 aromatic carbocycles. The van der Waals surface area contributed by atoms with Gasteiger partial charge in [-0.25, -0.2) is 0 Å². The van der Waals surface area contributed by atoms with Crippen LogP contribution in [0.5, 0.6) is 0 Å². The first-order valence-electron chi connectivity index (χ1n) is 8.08. The van der Waals surface area contributed by atoms with Crippen LogP contribution in [0.3, 0.4) is 0 Å². The Morgan fingerprint density at radius 1 is 0.826 bits per heavy atom. The van der Waals surface area contributed by atoms with Crippen molar-refractivity contribution in [2.75, 3.05) is 5.84 Å². The van der Waals surface area contributed by atoms with Crippen LogP contribution in [0.1, 0.15) is 18.1 Å². The van der Waals surface area contributed by atoms with E-state index >= 15 is 0 Å². The Morgan fingerprint density at radius 3 is 2.39 bits per heavy atom. The summed E-state index contributed by atoms with van der Waals surface area (Å²) in [6.07, 6.45) is 1.03. The summed E-state index contributed by atoms with van der Waals surface area (Å²) in [6.45, 7) is 4.37. The molecule has 0 aliphatic heterocycles. The molecule has 0 aliphatic rings. The molecule has 4 rings (SSSR count). The van der Waals surface area contributed by atoms with Gasteiger partial charge in [0.05, 0.1) is 11.0 Å². The van der Waals surface area contributed by atoms with Crippen LogP contribution in [0.25, 0.3) is 32.9 Å². The van der Waals surface area contributed by atoms with Gasteiger partial charge in [-0.15, -0.1) is 0 Å². The van der Waals surface area contributed by atoms with Crippen LogP contribution in [0.4, 0.5) is 0 Å². The molecule has 0 saturated heterocycles. The van der Waals surface area contributed by atoms with Crippen LogP contribution in [0, 0.1) is 6.92 Å². The van der Waals surface area contributed by atoms with Crippen molar-refractivity contribution in [3.05, 3.63) is 71.8 Å². The van der Waals surface area contributed by atoms with Crippen LogP contribution in [0.2, 0.25) is 0 Å². The van der Waals surface area contributed by atoms with Crippen molar-refractivity contribution in [2.45, 2.75) is 20.3 Å². The fourth-order valence-corrected chi connectivity index (χ4v) is 3.64. The van der Waals surface area contributed by atoms with E-state index < -0.39 is 0 Å². The molecule has 0 amide bonds. The highest BCUT2D eigenvalue weighted by atomic mass is 15.3. The Kier molecular flexibility index (Phi) is 3.12. The van der Waals surface area contributed by atoms with Crippen LogP contribution in [-0.4, -0.2) is 4.68 Å². The summed E-state index contributed by atoms with van der Waals surface area (Å²) in [4.78, 5) is 0. The summed E-state index contributed by atoms with van der Waals surface area (Å²) in [7, 11) is 0. The summed E-state index contributed by atoms with van der Waals surface area (Å²) < 4.78 is 1.83. The number of hydrogen-bond acceptors (Lipinski definition) is 1. The third-order valence-corrected chi connectivity index (χ3v) is 4.81. The maximum absolute atomic E-state index is 6.41. The fourth-order valence-electron chi connectivity index (χ4n) is 3.64. The van der Waals surface area contributed by atoms with E-state index in [0.717, 1.165) is 17.5 Å². The highest BCUT2D eigenvalue weighted by Gasteiger charge is 2.14. The van der Waals surface area contributed by atoms with Crippen LogP contribution >= 0.6 is 0 Å². The van der Waals surface area contributed by atoms with E-state index in [2.05, 4.69) is 68.4 Å². The van der Waals surface area contributed by atoms with Crippen molar-refractivity contribution in [1.82, 2.24) is 4.68 Å². The highest BCUT2D eigenvalue weighted by molar-refractivity contribution is 6.10. The van der Waals surface area contributed by atoms with Crippen molar-refractivity contribution in [3.8, 4) is 11.1 Å². The molecule has 0 saturated carbocycles. The van der Waals surface area contributed by atoms with Gasteiger partial charge in [0.25, 0.3) is 0 Å². The van der Waals surface area contributed by atoms with E-state index in [1.165, 1.54) is 33.0 Å². The molecule has 0 spiro atoms. The van der Waals surface area contributed by atoms with Crippen molar-refractivity contribution in [2.24, 2.45) is 0 Å². The first-order chi connectivity index (χ1) is 11.2. The zero-order valence-corrected chi connectivity index (χ0v) is 13.5. The highest BCUT2D eigenvalue weighted by Crippen LogP contribution is 2.35. The molecule has 114 valence electrons. The van der Waals surface area contributed by atoms with Gasteiger partial charge in [-0.1, -0.05) is 61.5 Å². The molecule has 2 heteroatoms. The predicted molar refractivity (Wildman–Crippen MR) is 99.1 cm³/mol. The molecule has 1 heterocycles. The summed E-state index contributed by atoms with van der Waals surface area (Å²) in [5.41, 5.74) is 7.38. The molecular weight excluding hydrogens is 280 g/mol. The summed E-state index contributed by atoms with van der Waals surface area (Å²) in [5, 5.41) is 2.43. The number of fused-ring (bicyclic) bond motifs is 3. The molecule has 2 nitrogen and oxygen atoms in total. The number of aromatic nitrogens is 1. The molecule has 0 bridgehead atoms. The lowest BCUT2D eigenvalue weighted by molar-refractivity contribution is 1.11. The monoisotopic (exact) mass is 300 g/mol. The third kappa shape index (κ3) is 1.95. The van der Waals surface area contributed by atoms with E-state index in [1.54, 1.807) is 0 Å². The quantitative estimate of drug-likeness (QED) is 0.516. The second kappa shape index (κ2) is 5.17. The van der Waals surface area contributed by atoms with Gasteiger partial charge in [-0.3, -0.25) is 4.68 Å². The number of aryl methyl sites for hydroxylation is 2. The molecule has 2 N–H and O–H groups in total. The maximum atomic E-state index is 6.41. The van der Waals surface area contributed by atoms with E-state index in [4.69, 9.17) is 5.84 Å². The summed E-state index contributed by atoms with van der Waals surface area (Å²) in [6, 6.07) is 21.4. The maximum Gasteiger partial charge on any atom is 0.0738 e. The van der Waals surface area contributed by atoms with Gasteiger partial charge >= 0.3 is 0 Å². The van der Waals surface area contributed by atoms with Gasteiger partial charge in [0.2, 0.25) is 0 Å². The second-order valence-corrected chi connectivity index (χ2v) is 6.03. The lowest BCUT2D eigenvalue weighted by Gasteiger charge is -2.12. The van der Waals surface area contributed by atoms with E-state index in [1.807, 2.05) is 10.7 Å². The van der Waals surface area contributed by atoms with E-state index in [9.17, 15) is 0 Å². The van der Waals surface area contributed by atoms with Crippen LogP contribution < -0.4 is 5.84 Å². The van der Waals surface area contributed by atoms with E-state index in [-0.39, 0.29) is 0 Å². The molecular formula is C21H20N2. The van der Waals surface area contributed by atoms with Crippen LogP contribution in [-0.2, 0) is 6.42 Å². The largest absolute Gasteiger partial charge is 0.339 e. The van der Waals surface area contributed by atoms with Gasteiger partial charge in [0, 0.05) is 10.8 Å². The van der Waals surface area contributed by atoms with Crippen LogP contribution in [0.15, 0.2) is 60.7 Å². The zero-order valence-electron chi connectivity index (χ0n) is 13.5. The van der Waals surface area contributed by atoms with Gasteiger partial charge in [-0.05, 0) is 41.7 Å². The van der Waals surface area contributed by atoms with Gasteiger partial charge < -0.3 is 5.84 Å². The third-order valence-electron chi connectivity index (χ3n) is 4.81. The Morgan fingerprint density at radius 2 is 1.57 bits per heavy atom. The smallest absolute Gasteiger partial charge is 0.0738 e. The van der Waals surface area contributed by atoms with Crippen molar-refractivity contribution >= 4 is 21.8 Å². The molecule has 0 atom stereocenters. The van der Waals surface area contributed by atoms with Gasteiger partial charge in [0.1, 0.15) is 0 Å². The van der Waals surface area contributed by atoms with Crippen molar-refractivity contribution in [3.63, 3.8) is 0 Å². The average molecular weight is 300 g/mol. The number of nitrogens with two attached hydrogens (primary N) is 1. The molecule has 0 radical (unpaired) electrons.